The number of thioether (sulfide) groups is 1. The summed E-state index contributed by atoms with van der Waals surface area (Å²) in [5.41, 5.74) is 0.816. The van der Waals surface area contributed by atoms with Gasteiger partial charge in [0.25, 0.3) is 0 Å². The third-order valence-electron chi connectivity index (χ3n) is 2.71. The molecule has 0 unspecified atom stereocenters. The number of anilines is 1. The number of hydrogen-bond acceptors (Lipinski definition) is 2. The lowest BCUT2D eigenvalue weighted by atomic mass is 10.1. The molecule has 2 N–H and O–H groups in total. The van der Waals surface area contributed by atoms with Crippen LogP contribution >= 0.6 is 11.8 Å². The van der Waals surface area contributed by atoms with E-state index in [0.717, 1.165) is 5.69 Å². The van der Waals surface area contributed by atoms with Crippen LogP contribution < -0.4 is 10.6 Å². The molecule has 4 heteroatoms. The highest BCUT2D eigenvalue weighted by molar-refractivity contribution is 7.98. The average Bonchev–Trinajstić information content (AvgIpc) is 2.29. The zero-order valence-corrected chi connectivity index (χ0v) is 11.6. The first-order chi connectivity index (χ1) is 8.02. The van der Waals surface area contributed by atoms with Crippen molar-refractivity contribution in [3.63, 3.8) is 0 Å². The molecule has 0 spiro atoms. The van der Waals surface area contributed by atoms with Crippen LogP contribution in [0.5, 0.6) is 0 Å². The van der Waals surface area contributed by atoms with Crippen LogP contribution in [-0.2, 0) is 0 Å². The molecule has 1 atom stereocenters. The maximum absolute atomic E-state index is 11.7. The topological polar surface area (TPSA) is 41.1 Å². The molecule has 0 fully saturated rings. The number of carbonyl (C=O) groups excluding carboxylic acids is 1. The van der Waals surface area contributed by atoms with Crippen LogP contribution in [0.25, 0.3) is 0 Å². The first-order valence-electron chi connectivity index (χ1n) is 5.74. The summed E-state index contributed by atoms with van der Waals surface area (Å²) in [5.74, 6) is 0.430. The minimum Gasteiger partial charge on any atom is -0.335 e. The van der Waals surface area contributed by atoms with E-state index in [4.69, 9.17) is 0 Å². The summed E-state index contributed by atoms with van der Waals surface area (Å²) in [6, 6.07) is 7.82. The number of rotatable bonds is 4. The summed E-state index contributed by atoms with van der Waals surface area (Å²) in [5, 5.41) is 5.72. The van der Waals surface area contributed by atoms with Crippen molar-refractivity contribution >= 4 is 23.5 Å². The van der Waals surface area contributed by atoms with E-state index in [1.54, 1.807) is 11.8 Å². The lowest BCUT2D eigenvalue weighted by molar-refractivity contribution is 0.246. The molecule has 0 saturated carbocycles. The first kappa shape index (κ1) is 13.9. The van der Waals surface area contributed by atoms with Gasteiger partial charge in [-0.05, 0) is 43.4 Å². The molecular formula is C13H20N2OS. The Balaban J connectivity index is 2.50. The molecule has 94 valence electrons. The largest absolute Gasteiger partial charge is 0.335 e. The predicted octanol–water partition coefficient (Wildman–Crippen LogP) is 3.57. The number of benzene rings is 1. The van der Waals surface area contributed by atoms with Crippen molar-refractivity contribution in [3.8, 4) is 0 Å². The van der Waals surface area contributed by atoms with Crippen molar-refractivity contribution in [1.82, 2.24) is 5.32 Å². The Kier molecular flexibility index (Phi) is 5.35. The number of hydrogen-bond donors (Lipinski definition) is 2. The maximum Gasteiger partial charge on any atom is 0.319 e. The second-order valence-electron chi connectivity index (χ2n) is 4.36. The van der Waals surface area contributed by atoms with Gasteiger partial charge >= 0.3 is 6.03 Å². The third kappa shape index (κ3) is 4.69. The van der Waals surface area contributed by atoms with E-state index in [2.05, 4.69) is 24.5 Å². The zero-order valence-electron chi connectivity index (χ0n) is 10.8. The van der Waals surface area contributed by atoms with Gasteiger partial charge in [0.15, 0.2) is 0 Å². The fourth-order valence-electron chi connectivity index (χ4n) is 1.21. The van der Waals surface area contributed by atoms with Gasteiger partial charge in [-0.2, -0.15) is 0 Å². The molecule has 0 aliphatic rings. The van der Waals surface area contributed by atoms with Crippen LogP contribution in [0.15, 0.2) is 29.2 Å². The Hall–Kier alpha value is -1.16. The first-order valence-corrected chi connectivity index (χ1v) is 6.97. The molecule has 2 amide bonds. The molecule has 0 saturated heterocycles. The van der Waals surface area contributed by atoms with Gasteiger partial charge in [0.2, 0.25) is 0 Å². The van der Waals surface area contributed by atoms with Crippen LogP contribution in [0.4, 0.5) is 10.5 Å². The maximum atomic E-state index is 11.7. The van der Waals surface area contributed by atoms with Crippen molar-refractivity contribution in [2.24, 2.45) is 5.92 Å². The van der Waals surface area contributed by atoms with Gasteiger partial charge in [-0.1, -0.05) is 13.8 Å². The molecule has 1 rings (SSSR count). The van der Waals surface area contributed by atoms with Gasteiger partial charge in [0.1, 0.15) is 0 Å². The van der Waals surface area contributed by atoms with E-state index in [1.807, 2.05) is 37.4 Å². The molecule has 0 radical (unpaired) electrons. The van der Waals surface area contributed by atoms with Crippen molar-refractivity contribution in [3.05, 3.63) is 24.3 Å². The van der Waals surface area contributed by atoms with Gasteiger partial charge in [0, 0.05) is 16.6 Å². The summed E-state index contributed by atoms with van der Waals surface area (Å²) in [7, 11) is 0. The van der Waals surface area contributed by atoms with Crippen molar-refractivity contribution in [2.75, 3.05) is 11.6 Å². The van der Waals surface area contributed by atoms with Gasteiger partial charge in [0.05, 0.1) is 0 Å². The summed E-state index contributed by atoms with van der Waals surface area (Å²) >= 11 is 1.68. The second kappa shape index (κ2) is 6.55. The summed E-state index contributed by atoms with van der Waals surface area (Å²) < 4.78 is 0. The molecule has 0 bridgehead atoms. The van der Waals surface area contributed by atoms with Crippen LogP contribution in [0, 0.1) is 5.92 Å². The average molecular weight is 252 g/mol. The Labute approximate surface area is 107 Å². The Morgan fingerprint density at radius 3 is 2.24 bits per heavy atom. The van der Waals surface area contributed by atoms with Crippen LogP contribution in [0.1, 0.15) is 20.8 Å². The van der Waals surface area contributed by atoms with Crippen molar-refractivity contribution in [2.45, 2.75) is 31.7 Å². The summed E-state index contributed by atoms with van der Waals surface area (Å²) in [6.07, 6.45) is 2.03. The van der Waals surface area contributed by atoms with E-state index in [0.29, 0.717) is 5.92 Å². The highest BCUT2D eigenvalue weighted by atomic mass is 32.2. The van der Waals surface area contributed by atoms with Gasteiger partial charge in [-0.3, -0.25) is 0 Å². The van der Waals surface area contributed by atoms with Crippen molar-refractivity contribution in [1.29, 1.82) is 0 Å². The van der Waals surface area contributed by atoms with Gasteiger partial charge in [-0.25, -0.2) is 4.79 Å². The number of carbonyl (C=O) groups is 1. The monoisotopic (exact) mass is 252 g/mol. The highest BCUT2D eigenvalue weighted by Gasteiger charge is 2.10. The van der Waals surface area contributed by atoms with Crippen LogP contribution in [0.3, 0.4) is 0 Å². The Morgan fingerprint density at radius 1 is 1.18 bits per heavy atom. The SMILES string of the molecule is CSc1ccc(NC(=O)N[C@@H](C)C(C)C)cc1. The molecule has 0 aliphatic carbocycles. The minimum absolute atomic E-state index is 0.150. The van der Waals surface area contributed by atoms with E-state index in [1.165, 1.54) is 4.90 Å². The van der Waals surface area contributed by atoms with E-state index in [9.17, 15) is 4.79 Å². The molecule has 1 aromatic rings. The number of amides is 2. The standard InChI is InChI=1S/C13H20N2OS/c1-9(2)10(3)14-13(16)15-11-5-7-12(17-4)8-6-11/h5-10H,1-4H3,(H2,14,15,16)/t10-/m0/s1. The zero-order chi connectivity index (χ0) is 12.8. The smallest absolute Gasteiger partial charge is 0.319 e. The number of nitrogens with one attached hydrogen (secondary N) is 2. The molecule has 1 aromatic carbocycles. The molecule has 0 aromatic heterocycles. The van der Waals surface area contributed by atoms with Crippen LogP contribution in [0.2, 0.25) is 0 Å². The predicted molar refractivity (Wildman–Crippen MR) is 74.7 cm³/mol. The van der Waals surface area contributed by atoms with Crippen LogP contribution in [-0.4, -0.2) is 18.3 Å². The lowest BCUT2D eigenvalue weighted by Crippen LogP contribution is -2.38. The lowest BCUT2D eigenvalue weighted by Gasteiger charge is -2.17. The molecular weight excluding hydrogens is 232 g/mol. The summed E-state index contributed by atoms with van der Waals surface area (Å²) in [4.78, 5) is 12.8. The molecule has 17 heavy (non-hydrogen) atoms. The second-order valence-corrected chi connectivity index (χ2v) is 5.24. The highest BCUT2D eigenvalue weighted by Crippen LogP contribution is 2.17. The fourth-order valence-corrected chi connectivity index (χ4v) is 1.62. The number of urea groups is 1. The van der Waals surface area contributed by atoms with E-state index < -0.39 is 0 Å². The molecule has 3 nitrogen and oxygen atoms in total. The van der Waals surface area contributed by atoms with Crippen molar-refractivity contribution < 1.29 is 4.79 Å². The summed E-state index contributed by atoms with van der Waals surface area (Å²) in [6.45, 7) is 6.16. The van der Waals surface area contributed by atoms with E-state index >= 15 is 0 Å². The van der Waals surface area contributed by atoms with Gasteiger partial charge < -0.3 is 10.6 Å². The molecule has 0 heterocycles. The quantitative estimate of drug-likeness (QED) is 0.804. The van der Waals surface area contributed by atoms with E-state index in [-0.39, 0.29) is 12.1 Å². The molecule has 0 aliphatic heterocycles. The Morgan fingerprint density at radius 2 is 1.76 bits per heavy atom. The Bertz CT molecular complexity index is 362. The van der Waals surface area contributed by atoms with Gasteiger partial charge in [-0.15, -0.1) is 11.8 Å². The third-order valence-corrected chi connectivity index (χ3v) is 3.45. The fraction of sp³-hybridized carbons (Fsp3) is 0.462. The minimum atomic E-state index is -0.150. The normalized spacial score (nSPS) is 12.3.